The molecule has 0 saturated carbocycles. The number of hydrogen-bond donors (Lipinski definition) is 0. The number of allylic oxidation sites excluding steroid dienone is 4. The summed E-state index contributed by atoms with van der Waals surface area (Å²) in [6.07, 6.45) is 11.1. The van der Waals surface area contributed by atoms with E-state index in [1.165, 1.54) is 54.7 Å². The molecule has 0 amide bonds. The molecule has 3 aliphatic rings. The summed E-state index contributed by atoms with van der Waals surface area (Å²) in [5.41, 5.74) is 13.7. The maximum atomic E-state index is 5.40. The number of hydrogen-bond acceptors (Lipinski definition) is 3. The molecule has 3 aliphatic carbocycles. The van der Waals surface area contributed by atoms with Gasteiger partial charge in [-0.05, 0) is 53.1 Å². The standard InChI is InChI=1S/C49H31N5/c1-3-16-30(17-4-1)48-51-38-26-15-29-50-45(38)49(52-48)54-40-28-14-12-25-37(40)43-44-41(33-21-8-10-23-35(33)47(43)54)32-20-7-9-22-34(32)46-42(44)36-24-11-13-27-39(36)53(46)31-18-5-2-6-19-31/h1-29,32,41H. The molecule has 0 bridgehead atoms. The van der Waals surface area contributed by atoms with Crippen LogP contribution in [0.5, 0.6) is 0 Å². The minimum absolute atomic E-state index is 0.104. The lowest BCUT2D eigenvalue weighted by atomic mass is 9.65. The van der Waals surface area contributed by atoms with Gasteiger partial charge in [0.05, 0.1) is 27.6 Å². The van der Waals surface area contributed by atoms with Gasteiger partial charge >= 0.3 is 0 Å². The van der Waals surface area contributed by atoms with Crippen molar-refractivity contribution in [1.82, 2.24) is 24.1 Å². The minimum Gasteiger partial charge on any atom is -0.309 e. The van der Waals surface area contributed by atoms with E-state index in [0.717, 1.165) is 39.3 Å². The van der Waals surface area contributed by atoms with Crippen molar-refractivity contribution in [2.45, 2.75) is 5.92 Å². The smallest absolute Gasteiger partial charge is 0.168 e. The van der Waals surface area contributed by atoms with Gasteiger partial charge in [0.1, 0.15) is 5.52 Å². The molecule has 54 heavy (non-hydrogen) atoms. The zero-order valence-corrected chi connectivity index (χ0v) is 29.1. The third-order valence-corrected chi connectivity index (χ3v) is 11.5. The lowest BCUT2D eigenvalue weighted by molar-refractivity contribution is 0.715. The summed E-state index contributed by atoms with van der Waals surface area (Å²) in [5, 5.41) is 5.03. The van der Waals surface area contributed by atoms with Gasteiger partial charge in [-0.3, -0.25) is 9.55 Å². The number of benzene rings is 5. The van der Waals surface area contributed by atoms with Crippen molar-refractivity contribution in [3.63, 3.8) is 0 Å². The fourth-order valence-electron chi connectivity index (χ4n) is 9.48. The molecule has 0 saturated heterocycles. The Balaban J connectivity index is 1.32. The van der Waals surface area contributed by atoms with E-state index in [-0.39, 0.29) is 11.8 Å². The Bertz CT molecular complexity index is 3220. The maximum Gasteiger partial charge on any atom is 0.168 e. The van der Waals surface area contributed by atoms with Crippen molar-refractivity contribution < 1.29 is 0 Å². The summed E-state index contributed by atoms with van der Waals surface area (Å²) in [4.78, 5) is 15.4. The van der Waals surface area contributed by atoms with E-state index in [2.05, 4.69) is 149 Å². The van der Waals surface area contributed by atoms with E-state index >= 15 is 0 Å². The fourth-order valence-corrected chi connectivity index (χ4v) is 9.48. The molecule has 4 aromatic heterocycles. The van der Waals surface area contributed by atoms with Crippen LogP contribution in [-0.4, -0.2) is 24.1 Å². The Hall–Kier alpha value is -7.11. The normalized spacial score (nSPS) is 16.7. The summed E-state index contributed by atoms with van der Waals surface area (Å²) < 4.78 is 4.87. The molecule has 0 radical (unpaired) electrons. The minimum atomic E-state index is 0.104. The number of fused-ring (bicyclic) bond motifs is 14. The second kappa shape index (κ2) is 11.2. The van der Waals surface area contributed by atoms with Crippen LogP contribution in [0.3, 0.4) is 0 Å². The van der Waals surface area contributed by atoms with Gasteiger partial charge in [0.25, 0.3) is 0 Å². The molecule has 0 fully saturated rings. The third kappa shape index (κ3) is 3.95. The molecule has 0 N–H and O–H groups in total. The van der Waals surface area contributed by atoms with Crippen molar-refractivity contribution in [2.24, 2.45) is 5.92 Å². The predicted molar refractivity (Wildman–Crippen MR) is 218 cm³/mol. The summed E-state index contributed by atoms with van der Waals surface area (Å²) in [7, 11) is 0. The first kappa shape index (κ1) is 29.5. The zero-order chi connectivity index (χ0) is 35.3. The van der Waals surface area contributed by atoms with E-state index in [9.17, 15) is 0 Å². The Morgan fingerprint density at radius 2 is 1.31 bits per heavy atom. The van der Waals surface area contributed by atoms with Gasteiger partial charge in [-0.15, -0.1) is 0 Å². The van der Waals surface area contributed by atoms with Gasteiger partial charge < -0.3 is 4.57 Å². The van der Waals surface area contributed by atoms with Crippen LogP contribution in [0, 0.1) is 5.92 Å². The highest BCUT2D eigenvalue weighted by molar-refractivity contribution is 6.09. The van der Waals surface area contributed by atoms with E-state index in [1.807, 2.05) is 36.5 Å². The number of nitrogens with zero attached hydrogens (tertiary/aromatic N) is 5. The van der Waals surface area contributed by atoms with Crippen molar-refractivity contribution in [1.29, 1.82) is 0 Å². The Labute approximate surface area is 310 Å². The van der Waals surface area contributed by atoms with Crippen molar-refractivity contribution >= 4 is 44.0 Å². The SMILES string of the molecule is C1=CC2=c3c(c4ccccc4n3-c3ccccc3)=C3c4c(n(-c5nc(-c6ccccc6)nc6cccnc56)c5ccccc45)-c4ccccc4C3C2C=C1. The molecule has 12 rings (SSSR count). The van der Waals surface area contributed by atoms with Crippen LogP contribution in [0.15, 0.2) is 176 Å². The van der Waals surface area contributed by atoms with E-state index in [1.54, 1.807) is 0 Å². The average Bonchev–Trinajstić information content (AvgIpc) is 3.78. The first-order valence-electron chi connectivity index (χ1n) is 18.5. The van der Waals surface area contributed by atoms with Gasteiger partial charge in [0.15, 0.2) is 11.6 Å². The van der Waals surface area contributed by atoms with Crippen molar-refractivity contribution in [3.05, 3.63) is 198 Å². The monoisotopic (exact) mass is 689 g/mol. The number of rotatable bonds is 3. The quantitative estimate of drug-likeness (QED) is 0.186. The van der Waals surface area contributed by atoms with Gasteiger partial charge in [-0.25, -0.2) is 9.97 Å². The van der Waals surface area contributed by atoms with Crippen LogP contribution < -0.4 is 10.6 Å². The van der Waals surface area contributed by atoms with Crippen LogP contribution in [0.4, 0.5) is 0 Å². The molecular formula is C49H31N5. The topological polar surface area (TPSA) is 48.5 Å². The molecule has 5 aromatic carbocycles. The highest BCUT2D eigenvalue weighted by atomic mass is 15.1. The number of pyridine rings is 1. The second-order valence-electron chi connectivity index (χ2n) is 14.3. The second-order valence-corrected chi connectivity index (χ2v) is 14.3. The Kier molecular flexibility index (Phi) is 6.11. The molecule has 5 heteroatoms. The summed E-state index contributed by atoms with van der Waals surface area (Å²) in [5.74, 6) is 1.71. The van der Waals surface area contributed by atoms with Gasteiger partial charge in [0, 0.05) is 56.4 Å². The van der Waals surface area contributed by atoms with Gasteiger partial charge in [-0.2, -0.15) is 0 Å². The Morgan fingerprint density at radius 3 is 2.17 bits per heavy atom. The molecule has 9 aromatic rings. The molecule has 0 spiro atoms. The number of aromatic nitrogens is 5. The van der Waals surface area contributed by atoms with Crippen molar-refractivity contribution in [2.75, 3.05) is 0 Å². The molecule has 2 unspecified atom stereocenters. The van der Waals surface area contributed by atoms with E-state index in [0.29, 0.717) is 5.82 Å². The Morgan fingerprint density at radius 1 is 0.593 bits per heavy atom. The van der Waals surface area contributed by atoms with Crippen LogP contribution in [0.1, 0.15) is 17.0 Å². The summed E-state index contributed by atoms with van der Waals surface area (Å²) >= 11 is 0. The fraction of sp³-hybridized carbons (Fsp3) is 0.0408. The highest BCUT2D eigenvalue weighted by Crippen LogP contribution is 2.55. The first-order valence-corrected chi connectivity index (χ1v) is 18.5. The molecule has 0 aliphatic heterocycles. The molecule has 4 heterocycles. The molecule has 252 valence electrons. The largest absolute Gasteiger partial charge is 0.309 e. The molecule has 5 nitrogen and oxygen atoms in total. The summed E-state index contributed by atoms with van der Waals surface area (Å²) in [6.45, 7) is 0. The average molecular weight is 690 g/mol. The van der Waals surface area contributed by atoms with Crippen LogP contribution in [-0.2, 0) is 0 Å². The van der Waals surface area contributed by atoms with E-state index < -0.39 is 0 Å². The van der Waals surface area contributed by atoms with Gasteiger partial charge in [-0.1, -0.05) is 133 Å². The zero-order valence-electron chi connectivity index (χ0n) is 29.1. The number of para-hydroxylation sites is 3. The van der Waals surface area contributed by atoms with Gasteiger partial charge in [0.2, 0.25) is 0 Å². The molecule has 2 atom stereocenters. The highest BCUT2D eigenvalue weighted by Gasteiger charge is 2.42. The van der Waals surface area contributed by atoms with Crippen LogP contribution >= 0.6 is 0 Å². The van der Waals surface area contributed by atoms with Crippen LogP contribution in [0.25, 0.3) is 78.1 Å². The third-order valence-electron chi connectivity index (χ3n) is 11.5. The first-order chi connectivity index (χ1) is 26.8. The van der Waals surface area contributed by atoms with Crippen LogP contribution in [0.2, 0.25) is 0 Å². The molecular weight excluding hydrogens is 659 g/mol. The predicted octanol–water partition coefficient (Wildman–Crippen LogP) is 9.45. The lowest BCUT2D eigenvalue weighted by Crippen LogP contribution is -2.42. The van der Waals surface area contributed by atoms with Crippen molar-refractivity contribution in [3.8, 4) is 34.2 Å². The maximum absolute atomic E-state index is 5.40. The summed E-state index contributed by atoms with van der Waals surface area (Å²) in [6, 6.07) is 51.9. The lowest BCUT2D eigenvalue weighted by Gasteiger charge is -2.38. The van der Waals surface area contributed by atoms with E-state index in [4.69, 9.17) is 15.0 Å².